The molecule has 1 aliphatic carbocycles. The Morgan fingerprint density at radius 1 is 0.949 bits per heavy atom. The number of aromatic nitrogens is 4. The molecule has 1 aliphatic heterocycles. The number of halogens is 3. The van der Waals surface area contributed by atoms with E-state index in [9.17, 15) is 13.2 Å². The highest BCUT2D eigenvalue weighted by Crippen LogP contribution is 2.59. The van der Waals surface area contributed by atoms with E-state index in [0.717, 1.165) is 65.4 Å². The molecule has 0 amide bonds. The summed E-state index contributed by atoms with van der Waals surface area (Å²) < 4.78 is 39.5. The van der Waals surface area contributed by atoms with Crippen LogP contribution in [0, 0.1) is 19.8 Å². The zero-order chi connectivity index (χ0) is 28.4. The van der Waals surface area contributed by atoms with Gasteiger partial charge in [-0.15, -0.1) is 10.2 Å². The van der Waals surface area contributed by atoms with E-state index in [-0.39, 0.29) is 5.41 Å². The van der Waals surface area contributed by atoms with Crippen molar-refractivity contribution in [3.8, 4) is 11.4 Å². The van der Waals surface area contributed by atoms with Crippen molar-refractivity contribution in [1.82, 2.24) is 24.6 Å². The van der Waals surface area contributed by atoms with Crippen molar-refractivity contribution >= 4 is 10.9 Å². The Balaban J connectivity index is 0.000000165. The number of likely N-dealkylation sites (N-methyl/N-ethyl adjacent to an activating group) is 1. The minimum absolute atomic E-state index is 0.153. The minimum Gasteiger partial charge on any atom is -0.314 e. The third-order valence-electron chi connectivity index (χ3n) is 7.66. The van der Waals surface area contributed by atoms with Gasteiger partial charge < -0.3 is 9.47 Å². The first-order chi connectivity index (χ1) is 18.5. The normalized spacial score (nSPS) is 20.1. The van der Waals surface area contributed by atoms with Crippen LogP contribution in [0.5, 0.6) is 0 Å². The van der Waals surface area contributed by atoms with Crippen LogP contribution in [0.1, 0.15) is 56.3 Å². The van der Waals surface area contributed by atoms with E-state index in [2.05, 4.69) is 53.0 Å². The molecule has 2 fully saturated rings. The van der Waals surface area contributed by atoms with E-state index in [1.807, 2.05) is 43.7 Å². The summed E-state index contributed by atoms with van der Waals surface area (Å²) in [6, 6.07) is 16.0. The Labute approximate surface area is 229 Å². The Bertz CT molecular complexity index is 1410. The highest BCUT2D eigenvalue weighted by Gasteiger charge is 2.60. The number of likely N-dealkylation sites (tertiary alicyclic amines) is 1. The molecule has 1 saturated carbocycles. The molecule has 1 unspecified atom stereocenters. The first-order valence-corrected chi connectivity index (χ1v) is 13.7. The third kappa shape index (κ3) is 6.01. The number of hydrogen-bond donors (Lipinski definition) is 0. The van der Waals surface area contributed by atoms with Crippen molar-refractivity contribution in [1.29, 1.82) is 0 Å². The van der Waals surface area contributed by atoms with Crippen molar-refractivity contribution in [3.63, 3.8) is 0 Å². The zero-order valence-corrected chi connectivity index (χ0v) is 23.7. The van der Waals surface area contributed by atoms with Gasteiger partial charge >= 0.3 is 6.18 Å². The maximum absolute atomic E-state index is 12.5. The van der Waals surface area contributed by atoms with Crippen LogP contribution in [0.25, 0.3) is 22.3 Å². The maximum Gasteiger partial charge on any atom is 0.416 e. The second-order valence-electron chi connectivity index (χ2n) is 10.6. The van der Waals surface area contributed by atoms with Gasteiger partial charge in [0.05, 0.1) is 11.1 Å². The Morgan fingerprint density at radius 2 is 1.64 bits per heavy atom. The van der Waals surface area contributed by atoms with Crippen LogP contribution >= 0.6 is 0 Å². The number of benzene rings is 2. The topological polar surface area (TPSA) is 46.8 Å². The van der Waals surface area contributed by atoms with Crippen molar-refractivity contribution in [2.24, 2.45) is 13.0 Å². The van der Waals surface area contributed by atoms with E-state index in [1.165, 1.54) is 18.6 Å². The highest BCUT2D eigenvalue weighted by atomic mass is 19.4. The number of fused-ring (bicyclic) bond motifs is 2. The van der Waals surface area contributed by atoms with Crippen molar-refractivity contribution in [3.05, 3.63) is 77.2 Å². The lowest BCUT2D eigenvalue weighted by molar-refractivity contribution is -0.137. The molecule has 0 N–H and O–H groups in total. The summed E-state index contributed by atoms with van der Waals surface area (Å²) >= 11 is 0. The standard InChI is InChI=1S/C14H16F3N.C14H14N4.C3H8/c1-2-18-8-12-7-13(12,9-18)10-3-5-11(6-4-10)14(15,16)17;1-9-7-8-11-12(5-4-6-13(11)15-9)14-17-16-10(2)18(14)3;1-3-2/h3-6,12H,2,7-9H2,1H3;4-8H,1-3H3;3H2,1-2H3/t12?,13-;;/m1../s1. The molecule has 5 nitrogen and oxygen atoms in total. The zero-order valence-electron chi connectivity index (χ0n) is 23.7. The van der Waals surface area contributed by atoms with Gasteiger partial charge in [0.25, 0.3) is 0 Å². The fourth-order valence-electron chi connectivity index (χ4n) is 5.36. The lowest BCUT2D eigenvalue weighted by atomic mass is 9.94. The molecule has 8 heteroatoms. The average molecular weight is 538 g/mol. The minimum atomic E-state index is -4.23. The van der Waals surface area contributed by atoms with Crippen LogP contribution in [-0.4, -0.2) is 44.3 Å². The number of alkyl halides is 3. The lowest BCUT2D eigenvalue weighted by Crippen LogP contribution is -2.26. The molecule has 6 rings (SSSR count). The largest absolute Gasteiger partial charge is 0.416 e. The molecule has 2 aromatic carbocycles. The molecular formula is C31H38F3N5. The Hall–Kier alpha value is -3.26. The van der Waals surface area contributed by atoms with Gasteiger partial charge in [0.1, 0.15) is 5.82 Å². The summed E-state index contributed by atoms with van der Waals surface area (Å²) in [7, 11) is 1.98. The number of nitrogens with zero attached hydrogens (tertiary/aromatic N) is 5. The summed E-state index contributed by atoms with van der Waals surface area (Å²) in [5.74, 6) is 2.43. The van der Waals surface area contributed by atoms with Crippen LogP contribution in [0.15, 0.2) is 54.6 Å². The molecule has 39 heavy (non-hydrogen) atoms. The molecule has 2 atom stereocenters. The van der Waals surface area contributed by atoms with Gasteiger partial charge in [-0.25, -0.2) is 0 Å². The van der Waals surface area contributed by atoms with E-state index in [1.54, 1.807) is 12.1 Å². The summed E-state index contributed by atoms with van der Waals surface area (Å²) in [6.07, 6.45) is -1.85. The molecule has 3 heterocycles. The van der Waals surface area contributed by atoms with Crippen molar-refractivity contribution in [2.75, 3.05) is 19.6 Å². The average Bonchev–Trinajstić information content (AvgIpc) is 3.32. The first-order valence-electron chi connectivity index (χ1n) is 13.7. The smallest absolute Gasteiger partial charge is 0.314 e. The second kappa shape index (κ2) is 11.5. The quantitative estimate of drug-likeness (QED) is 0.274. The summed E-state index contributed by atoms with van der Waals surface area (Å²) in [5.41, 5.74) is 3.77. The molecule has 208 valence electrons. The fraction of sp³-hybridized carbons (Fsp3) is 0.452. The SMILES string of the molecule is CCC.CCN1CC2C[C@]2(c2ccc(C(F)(F)F)cc2)C1.Cc1ccc2c(-c3nnc(C)n3C)cccc2n1. The summed E-state index contributed by atoms with van der Waals surface area (Å²) in [4.78, 5) is 6.92. The number of hydrogen-bond acceptors (Lipinski definition) is 4. The van der Waals surface area contributed by atoms with Crippen LogP contribution < -0.4 is 0 Å². The molecule has 0 bridgehead atoms. The second-order valence-corrected chi connectivity index (χ2v) is 10.6. The third-order valence-corrected chi connectivity index (χ3v) is 7.66. The van der Waals surface area contributed by atoms with E-state index < -0.39 is 11.7 Å². The van der Waals surface area contributed by atoms with Crippen molar-refractivity contribution in [2.45, 2.75) is 59.1 Å². The predicted octanol–water partition coefficient (Wildman–Crippen LogP) is 7.36. The number of piperidine rings is 1. The van der Waals surface area contributed by atoms with E-state index in [4.69, 9.17) is 0 Å². The fourth-order valence-corrected chi connectivity index (χ4v) is 5.36. The molecule has 2 aliphatic rings. The van der Waals surface area contributed by atoms with E-state index in [0.29, 0.717) is 5.92 Å². The molecule has 2 aromatic heterocycles. The van der Waals surface area contributed by atoms with Crippen LogP contribution in [0.3, 0.4) is 0 Å². The Kier molecular flexibility index (Phi) is 8.45. The van der Waals surface area contributed by atoms with Gasteiger partial charge in [0.15, 0.2) is 5.82 Å². The highest BCUT2D eigenvalue weighted by molar-refractivity contribution is 5.92. The number of rotatable bonds is 3. The van der Waals surface area contributed by atoms with Gasteiger partial charge in [0.2, 0.25) is 0 Å². The molecule has 1 saturated heterocycles. The summed E-state index contributed by atoms with van der Waals surface area (Å²) in [5, 5.41) is 9.46. The Morgan fingerprint density at radius 3 is 2.21 bits per heavy atom. The van der Waals surface area contributed by atoms with Gasteiger partial charge in [-0.1, -0.05) is 57.5 Å². The number of pyridine rings is 1. The molecule has 0 radical (unpaired) electrons. The van der Waals surface area contributed by atoms with Crippen LogP contribution in [0.2, 0.25) is 0 Å². The number of aryl methyl sites for hydroxylation is 2. The summed E-state index contributed by atoms with van der Waals surface area (Å²) in [6.45, 7) is 13.4. The van der Waals surface area contributed by atoms with E-state index >= 15 is 0 Å². The predicted molar refractivity (Wildman–Crippen MR) is 151 cm³/mol. The van der Waals surface area contributed by atoms with Gasteiger partial charge in [-0.3, -0.25) is 4.98 Å². The molecular weight excluding hydrogens is 499 g/mol. The van der Waals surface area contributed by atoms with Crippen molar-refractivity contribution < 1.29 is 13.2 Å². The van der Waals surface area contributed by atoms with Gasteiger partial charge in [-0.05, 0) is 62.6 Å². The van der Waals surface area contributed by atoms with Crippen LogP contribution in [0.4, 0.5) is 13.2 Å². The van der Waals surface area contributed by atoms with Gasteiger partial charge in [0, 0.05) is 42.2 Å². The molecule has 4 aromatic rings. The monoisotopic (exact) mass is 537 g/mol. The first kappa shape index (κ1) is 28.7. The molecule has 0 spiro atoms. The maximum atomic E-state index is 12.5. The van der Waals surface area contributed by atoms with Gasteiger partial charge in [-0.2, -0.15) is 13.2 Å². The lowest BCUT2D eigenvalue weighted by Gasteiger charge is -2.19. The van der Waals surface area contributed by atoms with Crippen LogP contribution in [-0.2, 0) is 18.6 Å².